The summed E-state index contributed by atoms with van der Waals surface area (Å²) in [7, 11) is 1.66. The van der Waals surface area contributed by atoms with Gasteiger partial charge in [0.1, 0.15) is 10.6 Å². The summed E-state index contributed by atoms with van der Waals surface area (Å²) >= 11 is 14.7. The molecule has 0 unspecified atom stereocenters. The molecule has 1 aliphatic carbocycles. The van der Waals surface area contributed by atoms with Crippen LogP contribution in [0.3, 0.4) is 0 Å². The minimum absolute atomic E-state index is 0.274. The minimum atomic E-state index is -0.465. The van der Waals surface area contributed by atoms with Gasteiger partial charge in [-0.25, -0.2) is 4.98 Å². The van der Waals surface area contributed by atoms with Gasteiger partial charge in [0.25, 0.3) is 0 Å². The Morgan fingerprint density at radius 1 is 1.21 bits per heavy atom. The first-order valence-corrected chi connectivity index (χ1v) is 11.0. The third kappa shape index (κ3) is 2.92. The summed E-state index contributed by atoms with van der Waals surface area (Å²) in [5, 5.41) is 1.76. The zero-order chi connectivity index (χ0) is 19.3. The average Bonchev–Trinajstić information content (AvgIpc) is 3.31. The molecule has 3 aromatic rings. The highest BCUT2D eigenvalue weighted by atomic mass is 35.5. The van der Waals surface area contributed by atoms with E-state index in [0.717, 1.165) is 46.4 Å². The molecule has 5 rings (SSSR count). The Labute approximate surface area is 177 Å². The van der Waals surface area contributed by atoms with Gasteiger partial charge in [0, 0.05) is 28.7 Å². The maximum absolute atomic E-state index is 6.79. The molecular formula is C21H19Cl2NO3S. The number of halogens is 2. The van der Waals surface area contributed by atoms with E-state index in [1.807, 2.05) is 24.3 Å². The Kier molecular flexibility index (Phi) is 4.76. The number of hydrogen-bond acceptors (Lipinski definition) is 5. The van der Waals surface area contributed by atoms with E-state index in [-0.39, 0.29) is 5.88 Å². The number of benzene rings is 1. The molecule has 0 amide bonds. The van der Waals surface area contributed by atoms with Crippen LogP contribution >= 0.6 is 34.5 Å². The van der Waals surface area contributed by atoms with E-state index < -0.39 is 5.79 Å². The largest absolute Gasteiger partial charge is 0.497 e. The molecule has 28 heavy (non-hydrogen) atoms. The maximum atomic E-state index is 6.79. The summed E-state index contributed by atoms with van der Waals surface area (Å²) in [4.78, 5) is 7.03. The molecule has 1 aromatic carbocycles. The fourth-order valence-corrected chi connectivity index (χ4v) is 6.09. The van der Waals surface area contributed by atoms with Crippen molar-refractivity contribution < 1.29 is 14.2 Å². The van der Waals surface area contributed by atoms with E-state index >= 15 is 0 Å². The molecule has 0 radical (unpaired) electrons. The predicted octanol–water partition coefficient (Wildman–Crippen LogP) is 5.60. The van der Waals surface area contributed by atoms with Crippen LogP contribution in [0.2, 0.25) is 5.02 Å². The number of hydrogen-bond donors (Lipinski definition) is 0. The third-order valence-electron chi connectivity index (χ3n) is 5.54. The third-order valence-corrected chi connectivity index (χ3v) is 7.32. The topological polar surface area (TPSA) is 40.6 Å². The van der Waals surface area contributed by atoms with Gasteiger partial charge >= 0.3 is 0 Å². The van der Waals surface area contributed by atoms with Gasteiger partial charge in [-0.2, -0.15) is 0 Å². The van der Waals surface area contributed by atoms with Crippen molar-refractivity contribution in [1.29, 1.82) is 0 Å². The highest BCUT2D eigenvalue weighted by molar-refractivity contribution is 7.19. The number of pyridine rings is 1. The van der Waals surface area contributed by atoms with E-state index in [0.29, 0.717) is 23.9 Å². The number of aromatic nitrogens is 1. The SMILES string of the molecule is COc1ccc(-c2c(Cl)c(CCl)nc3sc4c(c23)CCC2(C4)OCCO2)cc1. The van der Waals surface area contributed by atoms with Crippen molar-refractivity contribution in [3.8, 4) is 16.9 Å². The second-order valence-electron chi connectivity index (χ2n) is 7.08. The summed E-state index contributed by atoms with van der Waals surface area (Å²) in [6.07, 6.45) is 2.50. The van der Waals surface area contributed by atoms with Gasteiger partial charge in [-0.05, 0) is 29.7 Å². The van der Waals surface area contributed by atoms with Crippen molar-refractivity contribution in [2.75, 3.05) is 20.3 Å². The van der Waals surface area contributed by atoms with Gasteiger partial charge in [0.05, 0.1) is 36.9 Å². The maximum Gasteiger partial charge on any atom is 0.173 e. The lowest BCUT2D eigenvalue weighted by atomic mass is 9.89. The van der Waals surface area contributed by atoms with E-state index in [1.54, 1.807) is 18.4 Å². The van der Waals surface area contributed by atoms with Crippen LogP contribution < -0.4 is 4.74 Å². The van der Waals surface area contributed by atoms with Crippen molar-refractivity contribution in [3.63, 3.8) is 0 Å². The molecule has 3 heterocycles. The molecule has 0 bridgehead atoms. The number of nitrogens with zero attached hydrogens (tertiary/aromatic N) is 1. The first-order valence-electron chi connectivity index (χ1n) is 9.25. The Hall–Kier alpha value is -1.37. The summed E-state index contributed by atoms with van der Waals surface area (Å²) in [5.41, 5.74) is 4.07. The molecule has 0 N–H and O–H groups in total. The lowest BCUT2D eigenvalue weighted by Crippen LogP contribution is -2.36. The summed E-state index contributed by atoms with van der Waals surface area (Å²) in [6, 6.07) is 7.97. The molecule has 4 nitrogen and oxygen atoms in total. The summed E-state index contributed by atoms with van der Waals surface area (Å²) in [5.74, 6) is 0.622. The molecule has 0 saturated carbocycles. The van der Waals surface area contributed by atoms with Crippen LogP contribution in [0.15, 0.2) is 24.3 Å². The van der Waals surface area contributed by atoms with Crippen molar-refractivity contribution in [1.82, 2.24) is 4.98 Å². The molecule has 1 fully saturated rings. The molecular weight excluding hydrogens is 417 g/mol. The van der Waals surface area contributed by atoms with Crippen molar-refractivity contribution in [2.24, 2.45) is 0 Å². The van der Waals surface area contributed by atoms with Gasteiger partial charge < -0.3 is 14.2 Å². The van der Waals surface area contributed by atoms with E-state index in [1.165, 1.54) is 10.4 Å². The van der Waals surface area contributed by atoms with E-state index in [4.69, 9.17) is 42.4 Å². The molecule has 1 aliphatic heterocycles. The molecule has 7 heteroatoms. The summed E-state index contributed by atoms with van der Waals surface area (Å²) < 4.78 is 17.2. The van der Waals surface area contributed by atoms with Crippen molar-refractivity contribution >= 4 is 44.8 Å². The molecule has 0 atom stereocenters. The Morgan fingerprint density at radius 2 is 1.96 bits per heavy atom. The van der Waals surface area contributed by atoms with Crippen LogP contribution in [0, 0.1) is 0 Å². The predicted molar refractivity (Wildman–Crippen MR) is 113 cm³/mol. The van der Waals surface area contributed by atoms with Gasteiger partial charge in [-0.15, -0.1) is 22.9 Å². The number of thiophene rings is 1. The molecule has 1 spiro atoms. The highest BCUT2D eigenvalue weighted by Crippen LogP contribution is 2.47. The van der Waals surface area contributed by atoms with Crippen LogP contribution in [0.25, 0.3) is 21.3 Å². The van der Waals surface area contributed by atoms with Crippen molar-refractivity contribution in [2.45, 2.75) is 30.9 Å². The van der Waals surface area contributed by atoms with Crippen LogP contribution in [-0.4, -0.2) is 31.1 Å². The van der Waals surface area contributed by atoms with Gasteiger partial charge in [-0.3, -0.25) is 0 Å². The van der Waals surface area contributed by atoms with Crippen LogP contribution in [0.5, 0.6) is 5.75 Å². The lowest BCUT2D eigenvalue weighted by Gasteiger charge is -2.31. The standard InChI is InChI=1S/C21H19Cl2NO3S/c1-25-13-4-2-12(3-5-13)17-18-14-6-7-21(26-8-9-27-21)10-16(14)28-20(18)24-15(11-22)19(17)23/h2-5H,6-11H2,1H3. The number of rotatable bonds is 3. The molecule has 1 saturated heterocycles. The number of fused-ring (bicyclic) bond motifs is 3. The first-order chi connectivity index (χ1) is 13.6. The number of ether oxygens (including phenoxy) is 3. The highest BCUT2D eigenvalue weighted by Gasteiger charge is 2.41. The Morgan fingerprint density at radius 3 is 2.64 bits per heavy atom. The minimum Gasteiger partial charge on any atom is -0.497 e. The van der Waals surface area contributed by atoms with Crippen molar-refractivity contribution in [3.05, 3.63) is 45.4 Å². The second-order valence-corrected chi connectivity index (χ2v) is 8.81. The second kappa shape index (κ2) is 7.15. The fourth-order valence-electron chi connectivity index (χ4n) is 4.18. The number of alkyl halides is 1. The van der Waals surface area contributed by atoms with Crippen LogP contribution in [0.4, 0.5) is 0 Å². The smallest absolute Gasteiger partial charge is 0.173 e. The average molecular weight is 436 g/mol. The summed E-state index contributed by atoms with van der Waals surface area (Å²) in [6.45, 7) is 1.33. The molecule has 146 valence electrons. The number of aryl methyl sites for hydroxylation is 1. The lowest BCUT2D eigenvalue weighted by molar-refractivity contribution is -0.163. The quantitative estimate of drug-likeness (QED) is 0.502. The zero-order valence-corrected chi connectivity index (χ0v) is 17.7. The van der Waals surface area contributed by atoms with Crippen LogP contribution in [0.1, 0.15) is 22.6 Å². The fraction of sp³-hybridized carbons (Fsp3) is 0.381. The van der Waals surface area contributed by atoms with Gasteiger partial charge in [-0.1, -0.05) is 23.7 Å². The normalized spacial score (nSPS) is 18.0. The molecule has 2 aromatic heterocycles. The first kappa shape index (κ1) is 18.6. The van der Waals surface area contributed by atoms with Gasteiger partial charge in [0.2, 0.25) is 0 Å². The molecule has 2 aliphatic rings. The zero-order valence-electron chi connectivity index (χ0n) is 15.4. The monoisotopic (exact) mass is 435 g/mol. The Balaban J connectivity index is 1.72. The Bertz CT molecular complexity index is 1040. The van der Waals surface area contributed by atoms with E-state index in [9.17, 15) is 0 Å². The van der Waals surface area contributed by atoms with E-state index in [2.05, 4.69) is 0 Å². The van der Waals surface area contributed by atoms with Crippen LogP contribution in [-0.2, 0) is 28.2 Å². The number of methoxy groups -OCH3 is 1. The van der Waals surface area contributed by atoms with Gasteiger partial charge in [0.15, 0.2) is 5.79 Å².